The zero-order valence-corrected chi connectivity index (χ0v) is 10.2. The van der Waals surface area contributed by atoms with E-state index in [4.69, 9.17) is 5.73 Å². The molecule has 0 spiro atoms. The number of hydrogen-bond acceptors (Lipinski definition) is 2. The van der Waals surface area contributed by atoms with E-state index in [-0.39, 0.29) is 5.92 Å². The number of aromatic hydroxyl groups is 1. The zero-order chi connectivity index (χ0) is 14.2. The third kappa shape index (κ3) is 2.68. The summed E-state index contributed by atoms with van der Waals surface area (Å²) in [6, 6.07) is 0.261. The van der Waals surface area contributed by atoms with E-state index in [2.05, 4.69) is 0 Å². The van der Waals surface area contributed by atoms with Gasteiger partial charge in [0.15, 0.2) is 11.6 Å². The number of benzene rings is 1. The number of phenols is 1. The van der Waals surface area contributed by atoms with Gasteiger partial charge in [0, 0.05) is 11.6 Å². The van der Waals surface area contributed by atoms with E-state index in [0.717, 1.165) is 12.8 Å². The van der Waals surface area contributed by atoms with E-state index in [1.54, 1.807) is 0 Å². The minimum atomic E-state index is -4.66. The van der Waals surface area contributed by atoms with E-state index in [1.807, 2.05) is 0 Å². The monoisotopic (exact) mass is 277 g/mol. The van der Waals surface area contributed by atoms with Gasteiger partial charge in [-0.2, -0.15) is 13.2 Å². The Kier molecular flexibility index (Phi) is 3.71. The van der Waals surface area contributed by atoms with Crippen molar-refractivity contribution in [2.24, 2.45) is 11.7 Å². The van der Waals surface area contributed by atoms with E-state index in [1.165, 1.54) is 0 Å². The molecule has 0 bridgehead atoms. The Labute approximate surface area is 108 Å². The molecule has 0 amide bonds. The van der Waals surface area contributed by atoms with Crippen LogP contribution in [-0.4, -0.2) is 5.11 Å². The molecule has 106 valence electrons. The summed E-state index contributed by atoms with van der Waals surface area (Å²) >= 11 is 0. The summed E-state index contributed by atoms with van der Waals surface area (Å²) in [5.41, 5.74) is 4.28. The van der Waals surface area contributed by atoms with Crippen LogP contribution in [0.15, 0.2) is 12.1 Å². The van der Waals surface area contributed by atoms with E-state index >= 15 is 0 Å². The standard InChI is InChI=1S/C13H15F4NO/c14-9-6-5-8(13(15,16)17)10(12(9)19)11(18)7-3-1-2-4-7/h5-7,11,19H,1-4,18H2/t11-/m0/s1. The van der Waals surface area contributed by atoms with Crippen LogP contribution in [0.25, 0.3) is 0 Å². The molecule has 0 heterocycles. The van der Waals surface area contributed by atoms with Crippen molar-refractivity contribution < 1.29 is 22.7 Å². The van der Waals surface area contributed by atoms with E-state index < -0.39 is 34.9 Å². The number of halogens is 4. The van der Waals surface area contributed by atoms with Gasteiger partial charge in [0.2, 0.25) is 0 Å². The lowest BCUT2D eigenvalue weighted by molar-refractivity contribution is -0.138. The number of rotatable bonds is 2. The van der Waals surface area contributed by atoms with Crippen molar-refractivity contribution in [2.45, 2.75) is 37.9 Å². The molecule has 1 aromatic carbocycles. The van der Waals surface area contributed by atoms with Gasteiger partial charge in [0.25, 0.3) is 0 Å². The summed E-state index contributed by atoms with van der Waals surface area (Å²) in [7, 11) is 0. The Bertz CT molecular complexity index is 466. The first-order valence-corrected chi connectivity index (χ1v) is 6.16. The van der Waals surface area contributed by atoms with Gasteiger partial charge in [-0.25, -0.2) is 4.39 Å². The third-order valence-electron chi connectivity index (χ3n) is 3.71. The van der Waals surface area contributed by atoms with Crippen LogP contribution in [0.1, 0.15) is 42.9 Å². The van der Waals surface area contributed by atoms with E-state index in [9.17, 15) is 22.7 Å². The lowest BCUT2D eigenvalue weighted by atomic mass is 9.88. The summed E-state index contributed by atoms with van der Waals surface area (Å²) in [6.45, 7) is 0. The fourth-order valence-electron chi connectivity index (χ4n) is 2.72. The molecule has 1 fully saturated rings. The number of alkyl halides is 3. The molecule has 3 N–H and O–H groups in total. The largest absolute Gasteiger partial charge is 0.505 e. The predicted octanol–water partition coefficient (Wildman–Crippen LogP) is 3.74. The van der Waals surface area contributed by atoms with Gasteiger partial charge in [-0.1, -0.05) is 12.8 Å². The normalized spacial score (nSPS) is 18.8. The van der Waals surface area contributed by atoms with Crippen LogP contribution in [-0.2, 0) is 6.18 Å². The number of hydrogen-bond donors (Lipinski definition) is 2. The predicted molar refractivity (Wildman–Crippen MR) is 62.0 cm³/mol. The highest BCUT2D eigenvalue weighted by Gasteiger charge is 2.39. The summed E-state index contributed by atoms with van der Waals surface area (Å²) < 4.78 is 52.1. The molecule has 1 aliphatic carbocycles. The van der Waals surface area contributed by atoms with E-state index in [0.29, 0.717) is 25.0 Å². The maximum absolute atomic E-state index is 13.3. The van der Waals surface area contributed by atoms with Gasteiger partial charge in [0.1, 0.15) is 0 Å². The van der Waals surface area contributed by atoms with Crippen LogP contribution in [0, 0.1) is 11.7 Å². The van der Waals surface area contributed by atoms with Crippen LogP contribution >= 0.6 is 0 Å². The van der Waals surface area contributed by atoms with Gasteiger partial charge in [-0.3, -0.25) is 0 Å². The molecule has 6 heteroatoms. The van der Waals surface area contributed by atoms with Gasteiger partial charge < -0.3 is 10.8 Å². The molecule has 2 nitrogen and oxygen atoms in total. The molecule has 0 aliphatic heterocycles. The molecule has 1 atom stereocenters. The van der Waals surface area contributed by atoms with Crippen LogP contribution in [0.5, 0.6) is 5.75 Å². The van der Waals surface area contributed by atoms with Crippen molar-refractivity contribution in [3.8, 4) is 5.75 Å². The van der Waals surface area contributed by atoms with Crippen molar-refractivity contribution in [1.29, 1.82) is 0 Å². The first-order chi connectivity index (χ1) is 8.82. The minimum absolute atomic E-state index is 0.145. The molecule has 1 saturated carbocycles. The fraction of sp³-hybridized carbons (Fsp3) is 0.538. The van der Waals surface area contributed by atoms with Gasteiger partial charge in [-0.05, 0) is 30.9 Å². The molecule has 2 rings (SSSR count). The van der Waals surface area contributed by atoms with Crippen LogP contribution < -0.4 is 5.73 Å². The maximum Gasteiger partial charge on any atom is 0.416 e. The lowest BCUT2D eigenvalue weighted by Gasteiger charge is -2.24. The molecule has 0 saturated heterocycles. The molecule has 0 unspecified atom stereocenters. The van der Waals surface area contributed by atoms with Crippen molar-refractivity contribution >= 4 is 0 Å². The van der Waals surface area contributed by atoms with Crippen LogP contribution in [0.3, 0.4) is 0 Å². The average molecular weight is 277 g/mol. The van der Waals surface area contributed by atoms with Gasteiger partial charge in [0.05, 0.1) is 5.56 Å². The van der Waals surface area contributed by atoms with Crippen LogP contribution in [0.4, 0.5) is 17.6 Å². The minimum Gasteiger partial charge on any atom is -0.505 e. The smallest absolute Gasteiger partial charge is 0.416 e. The Morgan fingerprint density at radius 2 is 1.79 bits per heavy atom. The zero-order valence-electron chi connectivity index (χ0n) is 10.2. The molecule has 0 aromatic heterocycles. The maximum atomic E-state index is 13.3. The second-order valence-corrected chi connectivity index (χ2v) is 4.93. The highest BCUT2D eigenvalue weighted by Crippen LogP contribution is 2.44. The Balaban J connectivity index is 2.49. The molecule has 1 aliphatic rings. The first-order valence-electron chi connectivity index (χ1n) is 6.16. The Morgan fingerprint density at radius 3 is 2.32 bits per heavy atom. The van der Waals surface area contributed by atoms with Crippen molar-refractivity contribution in [2.75, 3.05) is 0 Å². The summed E-state index contributed by atoms with van der Waals surface area (Å²) in [6.07, 6.45) is -1.45. The SMILES string of the molecule is N[C@H](c1c(C(F)(F)F)ccc(F)c1O)C1CCCC1. The van der Waals surface area contributed by atoms with Crippen LogP contribution in [0.2, 0.25) is 0 Å². The summed E-state index contributed by atoms with van der Waals surface area (Å²) in [4.78, 5) is 0. The average Bonchev–Trinajstić information content (AvgIpc) is 2.83. The quantitative estimate of drug-likeness (QED) is 0.809. The summed E-state index contributed by atoms with van der Waals surface area (Å²) in [5, 5.41) is 9.62. The Hall–Kier alpha value is -1.30. The summed E-state index contributed by atoms with van der Waals surface area (Å²) in [5.74, 6) is -2.19. The van der Waals surface area contributed by atoms with Gasteiger partial charge in [-0.15, -0.1) is 0 Å². The number of nitrogens with two attached hydrogens (primary N) is 1. The molecule has 1 aromatic rings. The number of phenolic OH excluding ortho intramolecular Hbond substituents is 1. The van der Waals surface area contributed by atoms with Crippen molar-refractivity contribution in [3.63, 3.8) is 0 Å². The van der Waals surface area contributed by atoms with Gasteiger partial charge >= 0.3 is 6.18 Å². The topological polar surface area (TPSA) is 46.2 Å². The molecule has 19 heavy (non-hydrogen) atoms. The second-order valence-electron chi connectivity index (χ2n) is 4.93. The first kappa shape index (κ1) is 14.1. The third-order valence-corrected chi connectivity index (χ3v) is 3.71. The Morgan fingerprint density at radius 1 is 1.21 bits per heavy atom. The van der Waals surface area contributed by atoms with Crippen molar-refractivity contribution in [3.05, 3.63) is 29.1 Å². The molecular formula is C13H15F4NO. The van der Waals surface area contributed by atoms with Crippen molar-refractivity contribution in [1.82, 2.24) is 0 Å². The lowest BCUT2D eigenvalue weighted by Crippen LogP contribution is -2.23. The highest BCUT2D eigenvalue weighted by molar-refractivity contribution is 5.44. The molecule has 0 radical (unpaired) electrons. The highest BCUT2D eigenvalue weighted by atomic mass is 19.4. The fourth-order valence-corrected chi connectivity index (χ4v) is 2.72. The second kappa shape index (κ2) is 5.00. The molecular weight excluding hydrogens is 262 g/mol.